The van der Waals surface area contributed by atoms with Crippen LogP contribution in [0.5, 0.6) is 0 Å². The van der Waals surface area contributed by atoms with E-state index in [9.17, 15) is 10.1 Å². The topological polar surface area (TPSA) is 43.1 Å². The second-order valence-electron chi connectivity index (χ2n) is 4.14. The van der Waals surface area contributed by atoms with Crippen LogP contribution in [0, 0.1) is 22.0 Å². The van der Waals surface area contributed by atoms with Gasteiger partial charge in [0, 0.05) is 26.8 Å². The lowest BCUT2D eigenvalue weighted by atomic mass is 10.00. The van der Waals surface area contributed by atoms with E-state index in [1.165, 1.54) is 34.1 Å². The number of halogens is 1. The molecule has 0 aromatic heterocycles. The molecule has 92 valence electrons. The van der Waals surface area contributed by atoms with Crippen LogP contribution < -0.4 is 0 Å². The maximum absolute atomic E-state index is 10.5. The van der Waals surface area contributed by atoms with Gasteiger partial charge in [0.15, 0.2) is 0 Å². The van der Waals surface area contributed by atoms with E-state index in [-0.39, 0.29) is 5.69 Å². The number of nitro benzene ring substituents is 1. The summed E-state index contributed by atoms with van der Waals surface area (Å²) in [5.41, 5.74) is 2.15. The maximum Gasteiger partial charge on any atom is 0.269 e. The summed E-state index contributed by atoms with van der Waals surface area (Å²) in [6.07, 6.45) is 4.64. The number of hydrogen-bond acceptors (Lipinski definition) is 2. The number of benzene rings is 1. The lowest BCUT2D eigenvalue weighted by Crippen LogP contribution is -1.93. The molecule has 0 unspecified atom stereocenters. The van der Waals surface area contributed by atoms with Crippen molar-refractivity contribution < 1.29 is 4.92 Å². The molecule has 4 heteroatoms. The average Bonchev–Trinajstić information content (AvgIpc) is 2.38. The number of nitro groups is 1. The SMILES string of the molecule is O=[N+]([O-])c1ccc(C#CC2=C(I)CCCC2)cc1. The van der Waals surface area contributed by atoms with Gasteiger partial charge in [0.1, 0.15) is 0 Å². The summed E-state index contributed by atoms with van der Waals surface area (Å²) in [5, 5.41) is 10.5. The highest BCUT2D eigenvalue weighted by molar-refractivity contribution is 14.1. The Bertz CT molecular complexity index is 549. The van der Waals surface area contributed by atoms with Crippen molar-refractivity contribution in [3.63, 3.8) is 0 Å². The summed E-state index contributed by atoms with van der Waals surface area (Å²) in [7, 11) is 0. The van der Waals surface area contributed by atoms with Crippen LogP contribution in [-0.4, -0.2) is 4.92 Å². The van der Waals surface area contributed by atoms with Crippen LogP contribution >= 0.6 is 22.6 Å². The summed E-state index contributed by atoms with van der Waals surface area (Å²) < 4.78 is 1.35. The van der Waals surface area contributed by atoms with Crippen molar-refractivity contribution in [3.05, 3.63) is 49.1 Å². The Hall–Kier alpha value is -1.35. The van der Waals surface area contributed by atoms with Gasteiger partial charge in [0.2, 0.25) is 0 Å². The predicted molar refractivity (Wildman–Crippen MR) is 79.5 cm³/mol. The van der Waals surface area contributed by atoms with Crippen LogP contribution in [0.4, 0.5) is 5.69 Å². The number of rotatable bonds is 1. The predicted octanol–water partition coefficient (Wildman–Crippen LogP) is 4.21. The lowest BCUT2D eigenvalue weighted by molar-refractivity contribution is -0.384. The van der Waals surface area contributed by atoms with Gasteiger partial charge >= 0.3 is 0 Å². The van der Waals surface area contributed by atoms with Crippen LogP contribution in [-0.2, 0) is 0 Å². The first-order chi connectivity index (χ1) is 8.66. The number of nitrogens with zero attached hydrogens (tertiary/aromatic N) is 1. The molecule has 0 atom stereocenters. The first-order valence-corrected chi connectivity index (χ1v) is 6.88. The third-order valence-electron chi connectivity index (χ3n) is 2.84. The van der Waals surface area contributed by atoms with Gasteiger partial charge in [-0.25, -0.2) is 0 Å². The molecule has 0 saturated heterocycles. The van der Waals surface area contributed by atoms with Gasteiger partial charge in [0.05, 0.1) is 4.92 Å². The van der Waals surface area contributed by atoms with Crippen molar-refractivity contribution >= 4 is 28.3 Å². The summed E-state index contributed by atoms with van der Waals surface area (Å²) in [6, 6.07) is 6.37. The third kappa shape index (κ3) is 3.33. The minimum absolute atomic E-state index is 0.104. The fourth-order valence-corrected chi connectivity index (χ4v) is 2.60. The molecule has 0 saturated carbocycles. The Morgan fingerprint density at radius 3 is 2.39 bits per heavy atom. The first-order valence-electron chi connectivity index (χ1n) is 5.81. The molecule has 1 aliphatic rings. The lowest BCUT2D eigenvalue weighted by Gasteiger charge is -2.10. The van der Waals surface area contributed by atoms with E-state index in [4.69, 9.17) is 0 Å². The van der Waals surface area contributed by atoms with Crippen molar-refractivity contribution in [2.45, 2.75) is 25.7 Å². The highest BCUT2D eigenvalue weighted by atomic mass is 127. The highest BCUT2D eigenvalue weighted by Gasteiger charge is 2.08. The van der Waals surface area contributed by atoms with E-state index in [1.54, 1.807) is 12.1 Å². The fourth-order valence-electron chi connectivity index (χ4n) is 1.81. The smallest absolute Gasteiger partial charge is 0.258 e. The normalized spacial score (nSPS) is 14.9. The second-order valence-corrected chi connectivity index (χ2v) is 5.45. The molecule has 1 aliphatic carbocycles. The summed E-state index contributed by atoms with van der Waals surface area (Å²) in [5.74, 6) is 6.26. The average molecular weight is 353 g/mol. The molecule has 0 fully saturated rings. The zero-order valence-electron chi connectivity index (χ0n) is 9.78. The van der Waals surface area contributed by atoms with Crippen molar-refractivity contribution in [2.75, 3.05) is 0 Å². The van der Waals surface area contributed by atoms with Gasteiger partial charge in [-0.1, -0.05) is 11.8 Å². The van der Waals surface area contributed by atoms with Crippen molar-refractivity contribution in [1.82, 2.24) is 0 Å². The van der Waals surface area contributed by atoms with E-state index in [0.717, 1.165) is 18.4 Å². The Labute approximate surface area is 120 Å². The van der Waals surface area contributed by atoms with Gasteiger partial charge in [0.25, 0.3) is 5.69 Å². The fraction of sp³-hybridized carbons (Fsp3) is 0.286. The minimum atomic E-state index is -0.399. The van der Waals surface area contributed by atoms with Crippen LogP contribution in [0.15, 0.2) is 33.4 Å². The standard InChI is InChI=1S/C14H12INO2/c15-14-4-2-1-3-12(14)8-5-11-6-9-13(10-7-11)16(17)18/h6-7,9-10H,1-4H2. The Kier molecular flexibility index (Phi) is 4.37. The molecule has 0 bridgehead atoms. The zero-order chi connectivity index (χ0) is 13.0. The monoisotopic (exact) mass is 353 g/mol. The van der Waals surface area contributed by atoms with Crippen molar-refractivity contribution in [2.24, 2.45) is 0 Å². The van der Waals surface area contributed by atoms with Crippen LogP contribution in [0.1, 0.15) is 31.2 Å². The van der Waals surface area contributed by atoms with Gasteiger partial charge < -0.3 is 0 Å². The molecule has 0 spiro atoms. The summed E-state index contributed by atoms with van der Waals surface area (Å²) in [6.45, 7) is 0. The second kappa shape index (κ2) is 6.01. The molecule has 0 heterocycles. The molecular formula is C14H12INO2. The Balaban J connectivity index is 2.17. The number of hydrogen-bond donors (Lipinski definition) is 0. The molecule has 2 rings (SSSR count). The summed E-state index contributed by atoms with van der Waals surface area (Å²) in [4.78, 5) is 10.1. The molecule has 18 heavy (non-hydrogen) atoms. The third-order valence-corrected chi connectivity index (χ3v) is 4.03. The number of non-ortho nitro benzene ring substituents is 1. The minimum Gasteiger partial charge on any atom is -0.258 e. The van der Waals surface area contributed by atoms with E-state index in [0.29, 0.717) is 0 Å². The van der Waals surface area contributed by atoms with Gasteiger partial charge in [-0.15, -0.1) is 0 Å². The zero-order valence-corrected chi connectivity index (χ0v) is 11.9. The van der Waals surface area contributed by atoms with E-state index >= 15 is 0 Å². The molecule has 0 N–H and O–H groups in total. The largest absolute Gasteiger partial charge is 0.269 e. The molecule has 1 aromatic carbocycles. The van der Waals surface area contributed by atoms with Crippen molar-refractivity contribution in [1.29, 1.82) is 0 Å². The van der Waals surface area contributed by atoms with E-state index in [1.807, 2.05) is 0 Å². The molecular weight excluding hydrogens is 341 g/mol. The summed E-state index contributed by atoms with van der Waals surface area (Å²) >= 11 is 2.36. The highest BCUT2D eigenvalue weighted by Crippen LogP contribution is 2.28. The van der Waals surface area contributed by atoms with Crippen LogP contribution in [0.25, 0.3) is 0 Å². The molecule has 0 radical (unpaired) electrons. The van der Waals surface area contributed by atoms with Crippen molar-refractivity contribution in [3.8, 4) is 11.8 Å². The first kappa shape index (κ1) is 13.1. The van der Waals surface area contributed by atoms with E-state index < -0.39 is 4.92 Å². The molecule has 0 aliphatic heterocycles. The quantitative estimate of drug-likeness (QED) is 0.329. The molecule has 1 aromatic rings. The molecule has 0 amide bonds. The Morgan fingerprint density at radius 2 is 1.78 bits per heavy atom. The Morgan fingerprint density at radius 1 is 1.11 bits per heavy atom. The van der Waals surface area contributed by atoms with Gasteiger partial charge in [-0.3, -0.25) is 10.1 Å². The van der Waals surface area contributed by atoms with Gasteiger partial charge in [-0.05, 0) is 60.4 Å². The van der Waals surface area contributed by atoms with Crippen LogP contribution in [0.2, 0.25) is 0 Å². The maximum atomic E-state index is 10.5. The van der Waals surface area contributed by atoms with E-state index in [2.05, 4.69) is 34.4 Å². The van der Waals surface area contributed by atoms with Gasteiger partial charge in [-0.2, -0.15) is 0 Å². The molecule has 3 nitrogen and oxygen atoms in total. The number of allylic oxidation sites excluding steroid dienone is 2. The van der Waals surface area contributed by atoms with Crippen LogP contribution in [0.3, 0.4) is 0 Å².